The largest absolute Gasteiger partial charge is 0.467 e. The van der Waals surface area contributed by atoms with Crippen LogP contribution in [0.2, 0.25) is 0 Å². The molecule has 0 bridgehead atoms. The molecule has 0 saturated carbocycles. The highest BCUT2D eigenvalue weighted by Gasteiger charge is 2.59. The summed E-state index contributed by atoms with van der Waals surface area (Å²) in [4.78, 5) is 25.5. The number of esters is 1. The SMILES string of the molecule is CCC1(CC)CC(F)(C(=O)OC)CN1C(=O)OC(C)(C)C. The number of amides is 1. The van der Waals surface area contributed by atoms with Gasteiger partial charge < -0.3 is 9.47 Å². The molecule has 21 heavy (non-hydrogen) atoms. The van der Waals surface area contributed by atoms with E-state index >= 15 is 0 Å². The zero-order chi connectivity index (χ0) is 16.5. The van der Waals surface area contributed by atoms with Gasteiger partial charge in [-0.05, 0) is 33.6 Å². The maximum atomic E-state index is 14.9. The molecule has 0 aromatic heterocycles. The molecule has 1 rings (SSSR count). The summed E-state index contributed by atoms with van der Waals surface area (Å²) in [6.07, 6.45) is 0.449. The van der Waals surface area contributed by atoms with Crippen molar-refractivity contribution in [2.24, 2.45) is 0 Å². The summed E-state index contributed by atoms with van der Waals surface area (Å²) in [6, 6.07) is 0. The lowest BCUT2D eigenvalue weighted by Gasteiger charge is -2.37. The van der Waals surface area contributed by atoms with Crippen molar-refractivity contribution in [3.8, 4) is 0 Å². The van der Waals surface area contributed by atoms with Gasteiger partial charge in [0.1, 0.15) is 5.60 Å². The van der Waals surface area contributed by atoms with Crippen LogP contribution in [0.4, 0.5) is 9.18 Å². The van der Waals surface area contributed by atoms with E-state index in [1.165, 1.54) is 4.90 Å². The van der Waals surface area contributed by atoms with Gasteiger partial charge in [-0.3, -0.25) is 4.90 Å². The van der Waals surface area contributed by atoms with E-state index < -0.39 is 28.9 Å². The minimum Gasteiger partial charge on any atom is -0.467 e. The van der Waals surface area contributed by atoms with E-state index in [4.69, 9.17) is 4.74 Å². The lowest BCUT2D eigenvalue weighted by Crippen LogP contribution is -2.48. The molecule has 0 spiro atoms. The quantitative estimate of drug-likeness (QED) is 0.752. The zero-order valence-corrected chi connectivity index (χ0v) is 13.8. The molecule has 0 radical (unpaired) electrons. The lowest BCUT2D eigenvalue weighted by molar-refractivity contribution is -0.153. The minimum absolute atomic E-state index is 0.0566. The number of likely N-dealkylation sites (tertiary alicyclic amines) is 1. The Morgan fingerprint density at radius 3 is 2.14 bits per heavy atom. The second-order valence-electron chi connectivity index (χ2n) is 6.63. The highest BCUT2D eigenvalue weighted by molar-refractivity contribution is 5.82. The van der Waals surface area contributed by atoms with Crippen LogP contribution in [0.3, 0.4) is 0 Å². The summed E-state index contributed by atoms with van der Waals surface area (Å²) in [7, 11) is 1.15. The Balaban J connectivity index is 3.10. The van der Waals surface area contributed by atoms with Crippen molar-refractivity contribution < 1.29 is 23.5 Å². The highest BCUT2D eigenvalue weighted by Crippen LogP contribution is 2.44. The summed E-state index contributed by atoms with van der Waals surface area (Å²) < 4.78 is 24.8. The molecular formula is C15H26FNO4. The smallest absolute Gasteiger partial charge is 0.410 e. The first-order chi connectivity index (χ1) is 9.53. The van der Waals surface area contributed by atoms with Gasteiger partial charge >= 0.3 is 12.1 Å². The minimum atomic E-state index is -2.17. The maximum absolute atomic E-state index is 14.9. The molecule has 1 atom stereocenters. The molecule has 1 amide bonds. The standard InChI is InChI=1S/C15H26FNO4/c1-7-14(8-2)9-15(16,11(18)20-6)10-17(14)12(19)21-13(3,4)5/h7-10H2,1-6H3. The number of carbonyl (C=O) groups excluding carboxylic acids is 2. The van der Waals surface area contributed by atoms with Crippen LogP contribution in [0.25, 0.3) is 0 Å². The molecule has 6 heteroatoms. The van der Waals surface area contributed by atoms with Gasteiger partial charge in [-0.25, -0.2) is 14.0 Å². The van der Waals surface area contributed by atoms with Gasteiger partial charge in [0.15, 0.2) is 0 Å². The Hall–Kier alpha value is -1.33. The lowest BCUT2D eigenvalue weighted by atomic mass is 9.86. The van der Waals surface area contributed by atoms with E-state index in [9.17, 15) is 14.0 Å². The van der Waals surface area contributed by atoms with Crippen LogP contribution in [0, 0.1) is 0 Å². The number of rotatable bonds is 3. The van der Waals surface area contributed by atoms with Crippen LogP contribution in [-0.4, -0.2) is 47.4 Å². The fourth-order valence-electron chi connectivity index (χ4n) is 2.87. The first kappa shape index (κ1) is 17.7. The highest BCUT2D eigenvalue weighted by atomic mass is 19.1. The van der Waals surface area contributed by atoms with Crippen molar-refractivity contribution in [2.75, 3.05) is 13.7 Å². The Morgan fingerprint density at radius 2 is 1.76 bits per heavy atom. The second-order valence-corrected chi connectivity index (χ2v) is 6.63. The fraction of sp³-hybridized carbons (Fsp3) is 0.867. The van der Waals surface area contributed by atoms with E-state index in [-0.39, 0.29) is 13.0 Å². The molecule has 1 fully saturated rings. The molecule has 0 aromatic rings. The number of carbonyl (C=O) groups is 2. The van der Waals surface area contributed by atoms with Gasteiger partial charge in [0, 0.05) is 12.0 Å². The Labute approximate surface area is 125 Å². The van der Waals surface area contributed by atoms with E-state index in [2.05, 4.69) is 4.74 Å². The molecule has 1 aliphatic rings. The van der Waals surface area contributed by atoms with Crippen LogP contribution in [0.15, 0.2) is 0 Å². The summed E-state index contributed by atoms with van der Waals surface area (Å²) in [5, 5.41) is 0. The van der Waals surface area contributed by atoms with Gasteiger partial charge in [-0.2, -0.15) is 0 Å². The molecule has 1 heterocycles. The number of nitrogens with zero attached hydrogens (tertiary/aromatic N) is 1. The molecule has 0 N–H and O–H groups in total. The molecular weight excluding hydrogens is 277 g/mol. The molecule has 1 unspecified atom stereocenters. The third-order valence-corrected chi connectivity index (χ3v) is 4.07. The fourth-order valence-corrected chi connectivity index (χ4v) is 2.87. The predicted octanol–water partition coefficient (Wildman–Crippen LogP) is 3.07. The first-order valence-electron chi connectivity index (χ1n) is 7.31. The van der Waals surface area contributed by atoms with Crippen molar-refractivity contribution >= 4 is 12.1 Å². The van der Waals surface area contributed by atoms with Gasteiger partial charge in [-0.15, -0.1) is 0 Å². The number of halogens is 1. The molecule has 1 saturated heterocycles. The molecule has 122 valence electrons. The first-order valence-corrected chi connectivity index (χ1v) is 7.31. The molecule has 0 aliphatic carbocycles. The van der Waals surface area contributed by atoms with Crippen molar-refractivity contribution in [3.63, 3.8) is 0 Å². The van der Waals surface area contributed by atoms with Gasteiger partial charge in [0.05, 0.1) is 13.7 Å². The molecule has 0 aromatic carbocycles. The Bertz CT molecular complexity index is 414. The van der Waals surface area contributed by atoms with Crippen molar-refractivity contribution in [1.82, 2.24) is 4.90 Å². The van der Waals surface area contributed by atoms with E-state index in [0.717, 1.165) is 7.11 Å². The van der Waals surface area contributed by atoms with Crippen LogP contribution >= 0.6 is 0 Å². The number of methoxy groups -OCH3 is 1. The van der Waals surface area contributed by atoms with Gasteiger partial charge in [0.25, 0.3) is 0 Å². The van der Waals surface area contributed by atoms with Gasteiger partial charge in [-0.1, -0.05) is 13.8 Å². The third kappa shape index (κ3) is 3.47. The van der Waals surface area contributed by atoms with Crippen LogP contribution in [0.1, 0.15) is 53.9 Å². The summed E-state index contributed by atoms with van der Waals surface area (Å²) in [5.41, 5.74) is -3.56. The number of hydrogen-bond donors (Lipinski definition) is 0. The zero-order valence-electron chi connectivity index (χ0n) is 13.8. The topological polar surface area (TPSA) is 55.8 Å². The number of ether oxygens (including phenoxy) is 2. The van der Waals surface area contributed by atoms with E-state index in [1.807, 2.05) is 13.8 Å². The monoisotopic (exact) mass is 303 g/mol. The third-order valence-electron chi connectivity index (χ3n) is 4.07. The van der Waals surface area contributed by atoms with Crippen LogP contribution in [-0.2, 0) is 14.3 Å². The van der Waals surface area contributed by atoms with Crippen molar-refractivity contribution in [3.05, 3.63) is 0 Å². The average Bonchev–Trinajstić information content (AvgIpc) is 2.71. The Kier molecular flexibility index (Phi) is 4.90. The number of alkyl halides is 1. The maximum Gasteiger partial charge on any atom is 0.410 e. The summed E-state index contributed by atoms with van der Waals surface area (Å²) in [5.74, 6) is -0.931. The van der Waals surface area contributed by atoms with Crippen LogP contribution < -0.4 is 0 Å². The summed E-state index contributed by atoms with van der Waals surface area (Å²) >= 11 is 0. The van der Waals surface area contributed by atoms with Crippen molar-refractivity contribution in [2.45, 2.75) is 70.7 Å². The summed E-state index contributed by atoms with van der Waals surface area (Å²) in [6.45, 7) is 8.70. The Morgan fingerprint density at radius 1 is 1.24 bits per heavy atom. The average molecular weight is 303 g/mol. The van der Waals surface area contributed by atoms with Gasteiger partial charge in [0.2, 0.25) is 5.67 Å². The van der Waals surface area contributed by atoms with E-state index in [1.54, 1.807) is 20.8 Å². The normalized spacial score (nSPS) is 24.8. The molecule has 1 aliphatic heterocycles. The second kappa shape index (κ2) is 5.81. The van der Waals surface area contributed by atoms with Crippen LogP contribution in [0.5, 0.6) is 0 Å². The number of hydrogen-bond acceptors (Lipinski definition) is 4. The van der Waals surface area contributed by atoms with E-state index in [0.29, 0.717) is 12.8 Å². The predicted molar refractivity (Wildman–Crippen MR) is 76.7 cm³/mol. The molecule has 5 nitrogen and oxygen atoms in total. The van der Waals surface area contributed by atoms with Crippen molar-refractivity contribution in [1.29, 1.82) is 0 Å².